The number of rotatable bonds is 5. The van der Waals surface area contributed by atoms with Gasteiger partial charge in [0.15, 0.2) is 14.8 Å². The number of aromatic nitrogens is 4. The van der Waals surface area contributed by atoms with Crippen molar-refractivity contribution in [3.8, 4) is 0 Å². The van der Waals surface area contributed by atoms with E-state index in [1.54, 1.807) is 21.8 Å². The average Bonchev–Trinajstić information content (AvgIpc) is 3.36. The molecule has 3 aromatic rings. The highest BCUT2D eigenvalue weighted by molar-refractivity contribution is 7.98. The molecule has 0 bridgehead atoms. The molecule has 1 fully saturated rings. The van der Waals surface area contributed by atoms with Gasteiger partial charge in [-0.25, -0.2) is 13.4 Å². The second-order valence-electron chi connectivity index (χ2n) is 7.61. The van der Waals surface area contributed by atoms with Crippen molar-refractivity contribution in [1.82, 2.24) is 19.6 Å². The number of aryl methyl sites for hydroxylation is 2. The number of hydrogen-bond donors (Lipinski definition) is 0. The lowest BCUT2D eigenvalue weighted by Crippen LogP contribution is -2.17. The zero-order valence-corrected chi connectivity index (χ0v) is 18.1. The number of hydrogen-bond acceptors (Lipinski definition) is 9. The maximum Gasteiger partial charge on any atom is 0.276 e. The largest absolute Gasteiger partial charge is 0.416 e. The van der Waals surface area contributed by atoms with E-state index in [9.17, 15) is 13.2 Å². The summed E-state index contributed by atoms with van der Waals surface area (Å²) in [6.45, 7) is 0. The standard InChI is InChI=1S/C18H20N4O4S3/c23-16-8-12(19-17-22(16)13-3-1-2-4-14(13)28-17)9-27-18-21-20-15(26-18)7-11-5-6-29(24,25)10-11/h8,11H,1-7,9-10H2/t11-/m1/s1. The fourth-order valence-corrected chi connectivity index (χ4v) is 7.78. The molecule has 0 spiro atoms. The Morgan fingerprint density at radius 3 is 2.97 bits per heavy atom. The Morgan fingerprint density at radius 2 is 2.14 bits per heavy atom. The third-order valence-corrected chi connectivity index (χ3v) is 9.23. The van der Waals surface area contributed by atoms with Crippen LogP contribution in [0.1, 0.15) is 41.4 Å². The maximum atomic E-state index is 12.6. The number of nitrogens with zero attached hydrogens (tertiary/aromatic N) is 4. The third kappa shape index (κ3) is 3.99. The summed E-state index contributed by atoms with van der Waals surface area (Å²) in [6, 6.07) is 1.59. The van der Waals surface area contributed by atoms with Gasteiger partial charge in [-0.1, -0.05) is 11.8 Å². The predicted molar refractivity (Wildman–Crippen MR) is 110 cm³/mol. The molecule has 5 rings (SSSR count). The Morgan fingerprint density at radius 1 is 1.28 bits per heavy atom. The van der Waals surface area contributed by atoms with Crippen molar-refractivity contribution in [2.24, 2.45) is 5.92 Å². The van der Waals surface area contributed by atoms with Crippen LogP contribution in [0.15, 0.2) is 20.5 Å². The van der Waals surface area contributed by atoms with Crippen LogP contribution >= 0.6 is 23.1 Å². The molecule has 3 aromatic heterocycles. The molecule has 11 heteroatoms. The van der Waals surface area contributed by atoms with Gasteiger partial charge in [0.1, 0.15) is 0 Å². The van der Waals surface area contributed by atoms with Crippen molar-refractivity contribution >= 4 is 37.9 Å². The smallest absolute Gasteiger partial charge is 0.276 e. The molecule has 0 unspecified atom stereocenters. The average molecular weight is 453 g/mol. The molecule has 154 valence electrons. The van der Waals surface area contributed by atoms with Crippen LogP contribution in [-0.4, -0.2) is 39.5 Å². The summed E-state index contributed by atoms with van der Waals surface area (Å²) in [4.78, 5) is 19.3. The second-order valence-corrected chi connectivity index (χ2v) is 11.8. The van der Waals surface area contributed by atoms with Gasteiger partial charge in [0.05, 0.1) is 17.2 Å². The number of sulfone groups is 1. The molecule has 0 amide bonds. The van der Waals surface area contributed by atoms with Crippen LogP contribution in [0.5, 0.6) is 0 Å². The third-order valence-electron chi connectivity index (χ3n) is 5.40. The van der Waals surface area contributed by atoms with E-state index in [1.807, 2.05) is 0 Å². The molecule has 8 nitrogen and oxygen atoms in total. The lowest BCUT2D eigenvalue weighted by atomic mass is 10.0. The molecule has 1 aliphatic heterocycles. The minimum Gasteiger partial charge on any atom is -0.416 e. The lowest BCUT2D eigenvalue weighted by Gasteiger charge is -2.09. The zero-order valence-electron chi connectivity index (χ0n) is 15.7. The fraction of sp³-hybridized carbons (Fsp3) is 0.556. The van der Waals surface area contributed by atoms with Crippen molar-refractivity contribution in [3.63, 3.8) is 0 Å². The molecule has 29 heavy (non-hydrogen) atoms. The zero-order chi connectivity index (χ0) is 20.0. The van der Waals surface area contributed by atoms with Crippen molar-refractivity contribution in [1.29, 1.82) is 0 Å². The van der Waals surface area contributed by atoms with Gasteiger partial charge in [0.2, 0.25) is 5.89 Å². The van der Waals surface area contributed by atoms with E-state index in [0.717, 1.165) is 29.9 Å². The van der Waals surface area contributed by atoms with Crippen molar-refractivity contribution in [3.05, 3.63) is 38.6 Å². The molecule has 0 aromatic carbocycles. The molecule has 0 saturated carbocycles. The first-order valence-electron chi connectivity index (χ1n) is 9.66. The number of thiazole rings is 1. The Hall–Kier alpha value is -1.72. The van der Waals surface area contributed by atoms with Crippen molar-refractivity contribution < 1.29 is 12.8 Å². The summed E-state index contributed by atoms with van der Waals surface area (Å²) >= 11 is 2.95. The minimum atomic E-state index is -2.91. The van der Waals surface area contributed by atoms with Gasteiger partial charge >= 0.3 is 0 Å². The Kier molecular flexibility index (Phi) is 4.99. The van der Waals surface area contributed by atoms with E-state index < -0.39 is 9.84 Å². The van der Waals surface area contributed by atoms with Crippen LogP contribution in [-0.2, 0) is 34.9 Å². The molecule has 1 aliphatic carbocycles. The van der Waals surface area contributed by atoms with Gasteiger partial charge in [-0.3, -0.25) is 9.20 Å². The highest BCUT2D eigenvalue weighted by Crippen LogP contribution is 2.29. The van der Waals surface area contributed by atoms with Crippen LogP contribution < -0.4 is 5.56 Å². The highest BCUT2D eigenvalue weighted by atomic mass is 32.2. The quantitative estimate of drug-likeness (QED) is 0.543. The Bertz CT molecular complexity index is 1230. The van der Waals surface area contributed by atoms with Crippen LogP contribution in [0.25, 0.3) is 4.96 Å². The predicted octanol–water partition coefficient (Wildman–Crippen LogP) is 2.29. The van der Waals surface area contributed by atoms with Crippen molar-refractivity contribution in [2.45, 2.75) is 49.5 Å². The summed E-state index contributed by atoms with van der Waals surface area (Å²) in [5, 5.41) is 8.48. The minimum absolute atomic E-state index is 0.0290. The first-order chi connectivity index (χ1) is 14.0. The SMILES string of the molecule is O=c1cc(CSc2nnc(C[C@H]3CCS(=O)(=O)C3)o2)nc2sc3c(n12)CCCC3. The topological polar surface area (TPSA) is 107 Å². The molecule has 1 atom stereocenters. The van der Waals surface area contributed by atoms with Crippen LogP contribution in [0, 0.1) is 5.92 Å². The Balaban J connectivity index is 1.27. The van der Waals surface area contributed by atoms with E-state index in [2.05, 4.69) is 15.2 Å². The van der Waals surface area contributed by atoms with E-state index in [-0.39, 0.29) is 23.0 Å². The van der Waals surface area contributed by atoms with Gasteiger partial charge in [-0.2, -0.15) is 0 Å². The summed E-state index contributed by atoms with van der Waals surface area (Å²) in [5.74, 6) is 1.41. The molecule has 0 radical (unpaired) electrons. The second kappa shape index (κ2) is 7.51. The first-order valence-corrected chi connectivity index (χ1v) is 13.3. The van der Waals surface area contributed by atoms with E-state index >= 15 is 0 Å². The van der Waals surface area contributed by atoms with E-state index in [1.165, 1.54) is 23.1 Å². The van der Waals surface area contributed by atoms with Crippen LogP contribution in [0.3, 0.4) is 0 Å². The molecule has 2 aliphatic rings. The van der Waals surface area contributed by atoms with Crippen LogP contribution in [0.2, 0.25) is 0 Å². The molecular weight excluding hydrogens is 432 g/mol. The van der Waals surface area contributed by atoms with Gasteiger partial charge in [0, 0.05) is 28.8 Å². The van der Waals surface area contributed by atoms with E-state index in [4.69, 9.17) is 4.42 Å². The van der Waals surface area contributed by atoms with E-state index in [0.29, 0.717) is 35.4 Å². The number of thioether (sulfide) groups is 1. The molecule has 4 heterocycles. The van der Waals surface area contributed by atoms with Gasteiger partial charge in [-0.05, 0) is 38.0 Å². The monoisotopic (exact) mass is 452 g/mol. The molecule has 0 N–H and O–H groups in total. The lowest BCUT2D eigenvalue weighted by molar-refractivity contribution is 0.389. The molecule has 1 saturated heterocycles. The maximum absolute atomic E-state index is 12.6. The summed E-state index contributed by atoms with van der Waals surface area (Å²) < 4.78 is 30.6. The Labute approximate surface area is 175 Å². The van der Waals surface area contributed by atoms with Gasteiger partial charge in [-0.15, -0.1) is 21.5 Å². The van der Waals surface area contributed by atoms with Crippen molar-refractivity contribution in [2.75, 3.05) is 11.5 Å². The van der Waals surface area contributed by atoms with Gasteiger partial charge < -0.3 is 4.42 Å². The van der Waals surface area contributed by atoms with Gasteiger partial charge in [0.25, 0.3) is 10.8 Å². The summed E-state index contributed by atoms with van der Waals surface area (Å²) in [5.41, 5.74) is 1.79. The fourth-order valence-electron chi connectivity index (χ4n) is 4.01. The molecular formula is C18H20N4O4S3. The number of fused-ring (bicyclic) bond motifs is 3. The first kappa shape index (κ1) is 19.3. The normalized spacial score (nSPS) is 20.9. The summed E-state index contributed by atoms with van der Waals surface area (Å²) in [7, 11) is -2.91. The van der Waals surface area contributed by atoms with Crippen LogP contribution in [0.4, 0.5) is 0 Å². The summed E-state index contributed by atoms with van der Waals surface area (Å²) in [6.07, 6.45) is 5.39. The highest BCUT2D eigenvalue weighted by Gasteiger charge is 2.29.